The molecule has 1 rings (SSSR count). The van der Waals surface area contributed by atoms with Gasteiger partial charge in [-0.1, -0.05) is 0 Å². The van der Waals surface area contributed by atoms with Gasteiger partial charge in [-0.05, 0) is 20.8 Å². The predicted octanol–water partition coefficient (Wildman–Crippen LogP) is 0.210. The van der Waals surface area contributed by atoms with Crippen LogP contribution in [-0.2, 0) is 9.59 Å². The van der Waals surface area contributed by atoms with Crippen molar-refractivity contribution in [2.75, 3.05) is 40.8 Å². The maximum absolute atomic E-state index is 11.8. The molecule has 0 unspecified atom stereocenters. The van der Waals surface area contributed by atoms with Crippen molar-refractivity contribution >= 4 is 29.7 Å². The van der Waals surface area contributed by atoms with E-state index >= 15 is 0 Å². The van der Waals surface area contributed by atoms with Crippen LogP contribution < -0.4 is 5.11 Å². The van der Waals surface area contributed by atoms with E-state index in [1.165, 1.54) is 4.42 Å². The van der Waals surface area contributed by atoms with E-state index in [1.807, 2.05) is 18.7 Å². The first-order chi connectivity index (χ1) is 10.1. The molecule has 1 aliphatic rings. The summed E-state index contributed by atoms with van der Waals surface area (Å²) in [5, 5.41) is 16.3. The van der Waals surface area contributed by atoms with Gasteiger partial charge in [-0.3, -0.25) is 4.79 Å². The number of carbonyl (C=O) groups is 3. The van der Waals surface area contributed by atoms with Crippen LogP contribution in [0.15, 0.2) is 0 Å². The molecule has 0 radical (unpaired) electrons. The molecule has 8 nitrogen and oxygen atoms in total. The van der Waals surface area contributed by atoms with Crippen molar-refractivity contribution in [3.05, 3.63) is 0 Å². The number of carbonyl (C=O) groups excluding carboxylic acids is 2. The van der Waals surface area contributed by atoms with Crippen LogP contribution in [0.25, 0.3) is 0 Å². The predicted molar refractivity (Wildman–Crippen MR) is 85.6 cm³/mol. The number of rotatable bonds is 3. The van der Waals surface area contributed by atoms with Gasteiger partial charge in [-0.25, -0.2) is 9.21 Å². The molecule has 1 fully saturated rings. The van der Waals surface area contributed by atoms with Gasteiger partial charge in [-0.2, -0.15) is 0 Å². The number of likely N-dealkylation sites (N-methyl/N-ethyl adjacent to an activating group) is 1. The van der Waals surface area contributed by atoms with Crippen LogP contribution in [0.4, 0.5) is 4.79 Å². The molecule has 0 aromatic rings. The summed E-state index contributed by atoms with van der Waals surface area (Å²) in [5.74, 6) is -1.92. The minimum atomic E-state index is -1.08. The number of nitrogens with zero attached hydrogens (tertiary/aromatic N) is 3. The van der Waals surface area contributed by atoms with Crippen molar-refractivity contribution in [3.63, 3.8) is 0 Å². The molecule has 0 aromatic heterocycles. The van der Waals surface area contributed by atoms with Crippen LogP contribution in [-0.4, -0.2) is 83.2 Å². The zero-order chi connectivity index (χ0) is 19.0. The fraction of sp³-hybridized carbons (Fsp3) is 0.786. The van der Waals surface area contributed by atoms with E-state index in [9.17, 15) is 4.79 Å². The number of hydrogen-bond donors (Lipinski definition) is 1. The summed E-state index contributed by atoms with van der Waals surface area (Å²) in [6, 6.07) is -0.0740. The average molecular weight is 354 g/mol. The second-order valence-electron chi connectivity index (χ2n) is 6.82. The van der Waals surface area contributed by atoms with Crippen molar-refractivity contribution in [1.29, 1.82) is 0 Å². The van der Waals surface area contributed by atoms with E-state index in [4.69, 9.17) is 31.6 Å². The van der Waals surface area contributed by atoms with Crippen LogP contribution in [0.1, 0.15) is 27.7 Å². The average Bonchev–Trinajstić information content (AvgIpc) is 2.48. The third-order valence-corrected chi connectivity index (χ3v) is 3.19. The lowest BCUT2D eigenvalue weighted by Gasteiger charge is -2.26. The number of hydrogen-bond acceptors (Lipinski definition) is 4. The van der Waals surface area contributed by atoms with E-state index in [-0.39, 0.29) is 11.6 Å². The zero-order valence-electron chi connectivity index (χ0n) is 14.9. The maximum Gasteiger partial charge on any atom is 0.335 e. The molecule has 0 atom stereocenters. The summed E-state index contributed by atoms with van der Waals surface area (Å²) < 4.78 is 2.16. The Bertz CT molecular complexity index is 401. The Kier molecular flexibility index (Phi) is 9.87. The number of halogens is 1. The number of quaternary nitrogens is 1. The Morgan fingerprint density at radius 1 is 1.30 bits per heavy atom. The fourth-order valence-electron chi connectivity index (χ4n) is 1.58. The lowest BCUT2D eigenvalue weighted by atomic mass is 10.1. The highest BCUT2D eigenvalue weighted by atomic mass is 35.5. The van der Waals surface area contributed by atoms with Gasteiger partial charge in [0, 0.05) is 31.2 Å². The highest BCUT2D eigenvalue weighted by molar-refractivity contribution is 6.22. The van der Waals surface area contributed by atoms with Gasteiger partial charge in [0.1, 0.15) is 0 Å². The van der Waals surface area contributed by atoms with Crippen molar-refractivity contribution in [2.45, 2.75) is 33.2 Å². The first-order valence-electron chi connectivity index (χ1n) is 7.02. The smallest absolute Gasteiger partial charge is 0.335 e. The molecule has 2 amide bonds. The standard InChI is InChI=1S/C10H21ClN3O.2C2H4O2/c1-10(2)8-12(9(15)13(10)11)6-7-14(3,4)5;2*1-2(3)4/h6-8H2,1-5H3;2*1H3,(H,3,4)/q+1;;/p-1. The second-order valence-corrected chi connectivity index (χ2v) is 7.16. The Balaban J connectivity index is 0. The van der Waals surface area contributed by atoms with E-state index < -0.39 is 11.9 Å². The van der Waals surface area contributed by atoms with Crippen LogP contribution >= 0.6 is 11.8 Å². The Hall–Kier alpha value is -1.54. The molecular weight excluding hydrogens is 326 g/mol. The maximum atomic E-state index is 11.8. The van der Waals surface area contributed by atoms with Gasteiger partial charge in [-0.15, -0.1) is 0 Å². The molecule has 1 heterocycles. The molecule has 9 heteroatoms. The topological polar surface area (TPSA) is 101 Å². The number of urea groups is 1. The number of aliphatic carboxylic acids is 2. The summed E-state index contributed by atoms with van der Waals surface area (Å²) in [5.41, 5.74) is -0.260. The zero-order valence-corrected chi connectivity index (χ0v) is 15.7. The molecule has 0 spiro atoms. The second kappa shape index (κ2) is 9.57. The minimum absolute atomic E-state index is 0.0740. The molecule has 1 N–H and O–H groups in total. The molecule has 1 saturated heterocycles. The third-order valence-electron chi connectivity index (χ3n) is 2.59. The van der Waals surface area contributed by atoms with Gasteiger partial charge in [0.05, 0.1) is 39.8 Å². The molecule has 23 heavy (non-hydrogen) atoms. The lowest BCUT2D eigenvalue weighted by molar-refractivity contribution is -0.869. The van der Waals surface area contributed by atoms with Crippen LogP contribution in [0.3, 0.4) is 0 Å². The van der Waals surface area contributed by atoms with Crippen molar-refractivity contribution in [3.8, 4) is 0 Å². The van der Waals surface area contributed by atoms with Gasteiger partial charge >= 0.3 is 6.03 Å². The van der Waals surface area contributed by atoms with Crippen LogP contribution in [0, 0.1) is 0 Å². The molecule has 0 aromatic carbocycles. The van der Waals surface area contributed by atoms with Crippen LogP contribution in [0.5, 0.6) is 0 Å². The van der Waals surface area contributed by atoms with E-state index in [0.29, 0.717) is 6.54 Å². The largest absolute Gasteiger partial charge is 0.550 e. The monoisotopic (exact) mass is 353 g/mol. The third kappa shape index (κ3) is 12.7. The van der Waals surface area contributed by atoms with E-state index in [0.717, 1.165) is 31.4 Å². The molecule has 0 saturated carbocycles. The summed E-state index contributed by atoms with van der Waals surface area (Å²) in [6.45, 7) is 8.41. The van der Waals surface area contributed by atoms with Crippen LogP contribution in [0.2, 0.25) is 0 Å². The number of amides is 2. The van der Waals surface area contributed by atoms with Gasteiger partial charge in [0.25, 0.3) is 5.97 Å². The van der Waals surface area contributed by atoms with E-state index in [1.54, 1.807) is 0 Å². The van der Waals surface area contributed by atoms with Crippen molar-refractivity contribution in [1.82, 2.24) is 9.32 Å². The molecular formula is C14H28ClN3O5. The fourth-order valence-corrected chi connectivity index (χ4v) is 1.74. The van der Waals surface area contributed by atoms with Gasteiger partial charge < -0.3 is 24.4 Å². The summed E-state index contributed by atoms with van der Waals surface area (Å²) in [4.78, 5) is 31.5. The highest BCUT2D eigenvalue weighted by Crippen LogP contribution is 2.27. The molecule has 136 valence electrons. The number of carboxylic acid groups (broad SMARTS) is 2. The van der Waals surface area contributed by atoms with E-state index in [2.05, 4.69) is 21.1 Å². The van der Waals surface area contributed by atoms with Crippen molar-refractivity contribution < 1.29 is 29.1 Å². The SMILES string of the molecule is CC(=O)O.CC(=O)[O-].CC1(C)CN(CC[N+](C)(C)C)C(=O)N1Cl. The van der Waals surface area contributed by atoms with Gasteiger partial charge in [0.15, 0.2) is 0 Å². The molecule has 0 aliphatic carbocycles. The highest BCUT2D eigenvalue weighted by Gasteiger charge is 2.42. The van der Waals surface area contributed by atoms with Gasteiger partial charge in [0.2, 0.25) is 0 Å². The normalized spacial score (nSPS) is 16.1. The summed E-state index contributed by atoms with van der Waals surface area (Å²) in [7, 11) is 6.35. The molecule has 0 bridgehead atoms. The summed E-state index contributed by atoms with van der Waals surface area (Å²) >= 11 is 5.94. The minimum Gasteiger partial charge on any atom is -0.550 e. The van der Waals surface area contributed by atoms with Crippen molar-refractivity contribution in [2.24, 2.45) is 0 Å². The first kappa shape index (κ1) is 23.7. The molecule has 1 aliphatic heterocycles. The first-order valence-corrected chi connectivity index (χ1v) is 7.36. The Morgan fingerprint density at radius 2 is 1.65 bits per heavy atom. The quantitative estimate of drug-likeness (QED) is 0.577. The number of carboxylic acids is 2. The summed E-state index contributed by atoms with van der Waals surface area (Å²) in [6.07, 6.45) is 0. The lowest BCUT2D eigenvalue weighted by Crippen LogP contribution is -2.42. The Morgan fingerprint density at radius 3 is 1.87 bits per heavy atom. The Labute approximate surface area is 142 Å².